The average molecular weight is 261 g/mol. The molecule has 1 atom stereocenters. The molecule has 0 fully saturated rings. The molecule has 19 heavy (non-hydrogen) atoms. The van der Waals surface area contributed by atoms with Crippen LogP contribution in [0, 0.1) is 5.92 Å². The van der Waals surface area contributed by atoms with Crippen molar-refractivity contribution in [1.82, 2.24) is 15.5 Å². The van der Waals surface area contributed by atoms with Crippen molar-refractivity contribution in [2.24, 2.45) is 5.92 Å². The Bertz CT molecular complexity index is 606. The van der Waals surface area contributed by atoms with Crippen LogP contribution in [0.1, 0.15) is 23.8 Å². The summed E-state index contributed by atoms with van der Waals surface area (Å²) in [5.74, 6) is -1.63. The summed E-state index contributed by atoms with van der Waals surface area (Å²) in [5, 5.41) is 18.9. The van der Waals surface area contributed by atoms with Gasteiger partial charge in [0.25, 0.3) is 5.91 Å². The average Bonchev–Trinajstić information content (AvgIpc) is 2.82. The summed E-state index contributed by atoms with van der Waals surface area (Å²) in [6.45, 7) is 1.92. The van der Waals surface area contributed by atoms with E-state index in [2.05, 4.69) is 15.5 Å². The predicted molar refractivity (Wildman–Crippen MR) is 69.8 cm³/mol. The maximum atomic E-state index is 11.9. The number of benzene rings is 1. The molecule has 1 amide bonds. The number of aliphatic carboxylic acids is 1. The third-order valence-electron chi connectivity index (χ3n) is 2.97. The highest BCUT2D eigenvalue weighted by Gasteiger charge is 2.15. The molecule has 0 radical (unpaired) electrons. The van der Waals surface area contributed by atoms with Gasteiger partial charge < -0.3 is 10.4 Å². The van der Waals surface area contributed by atoms with Crippen LogP contribution in [-0.2, 0) is 4.79 Å². The fourth-order valence-corrected chi connectivity index (χ4v) is 1.75. The number of para-hydroxylation sites is 1. The third kappa shape index (κ3) is 2.90. The standard InChI is InChI=1S/C13H15N3O3/c1-8(13(18)19)6-7-14-12(17)11-9-4-2-3-5-10(9)15-16-11/h2-5,8H,6-7H2,1H3,(H,14,17)(H,15,16)(H,18,19). The molecule has 1 aromatic carbocycles. The predicted octanol–water partition coefficient (Wildman–Crippen LogP) is 1.40. The van der Waals surface area contributed by atoms with Gasteiger partial charge in [-0.2, -0.15) is 5.10 Å². The molecule has 100 valence electrons. The fourth-order valence-electron chi connectivity index (χ4n) is 1.75. The second-order valence-electron chi connectivity index (χ2n) is 4.40. The van der Waals surface area contributed by atoms with E-state index in [-0.39, 0.29) is 5.91 Å². The Morgan fingerprint density at radius 3 is 2.89 bits per heavy atom. The van der Waals surface area contributed by atoms with E-state index in [1.54, 1.807) is 6.92 Å². The Morgan fingerprint density at radius 1 is 1.42 bits per heavy atom. The minimum Gasteiger partial charge on any atom is -0.481 e. The highest BCUT2D eigenvalue weighted by atomic mass is 16.4. The molecule has 1 aromatic heterocycles. The second-order valence-corrected chi connectivity index (χ2v) is 4.40. The molecule has 2 aromatic rings. The van der Waals surface area contributed by atoms with Gasteiger partial charge in [-0.3, -0.25) is 14.7 Å². The number of hydrogen-bond donors (Lipinski definition) is 3. The number of carboxylic acid groups (broad SMARTS) is 1. The number of rotatable bonds is 5. The van der Waals surface area contributed by atoms with E-state index >= 15 is 0 Å². The normalized spacial score (nSPS) is 12.3. The molecular formula is C13H15N3O3. The van der Waals surface area contributed by atoms with Gasteiger partial charge in [0.1, 0.15) is 0 Å². The van der Waals surface area contributed by atoms with Crippen LogP contribution in [0.3, 0.4) is 0 Å². The van der Waals surface area contributed by atoms with Crippen molar-refractivity contribution in [3.63, 3.8) is 0 Å². The van der Waals surface area contributed by atoms with E-state index in [0.717, 1.165) is 10.9 Å². The molecule has 6 nitrogen and oxygen atoms in total. The van der Waals surface area contributed by atoms with Gasteiger partial charge in [0, 0.05) is 11.9 Å². The van der Waals surface area contributed by atoms with E-state index in [1.807, 2.05) is 24.3 Å². The number of hydrogen-bond acceptors (Lipinski definition) is 3. The van der Waals surface area contributed by atoms with Crippen LogP contribution in [0.4, 0.5) is 0 Å². The Morgan fingerprint density at radius 2 is 2.16 bits per heavy atom. The minimum atomic E-state index is -0.862. The molecule has 0 aliphatic rings. The first kappa shape index (κ1) is 13.1. The number of nitrogens with one attached hydrogen (secondary N) is 2. The van der Waals surface area contributed by atoms with E-state index < -0.39 is 11.9 Å². The van der Waals surface area contributed by atoms with Gasteiger partial charge in [-0.15, -0.1) is 0 Å². The molecule has 0 aliphatic carbocycles. The summed E-state index contributed by atoms with van der Waals surface area (Å²) < 4.78 is 0. The lowest BCUT2D eigenvalue weighted by atomic mass is 10.1. The summed E-state index contributed by atoms with van der Waals surface area (Å²) in [5.41, 5.74) is 1.13. The zero-order valence-corrected chi connectivity index (χ0v) is 10.5. The van der Waals surface area contributed by atoms with E-state index in [9.17, 15) is 9.59 Å². The van der Waals surface area contributed by atoms with Gasteiger partial charge in [0.05, 0.1) is 11.4 Å². The summed E-state index contributed by atoms with van der Waals surface area (Å²) in [6, 6.07) is 7.34. The van der Waals surface area contributed by atoms with Gasteiger partial charge in [0.2, 0.25) is 0 Å². The first-order valence-electron chi connectivity index (χ1n) is 6.03. The van der Waals surface area contributed by atoms with Crippen LogP contribution < -0.4 is 5.32 Å². The number of carbonyl (C=O) groups excluding carboxylic acids is 1. The highest BCUT2D eigenvalue weighted by molar-refractivity contribution is 6.04. The number of aromatic nitrogens is 2. The first-order chi connectivity index (χ1) is 9.09. The number of nitrogens with zero attached hydrogens (tertiary/aromatic N) is 1. The fraction of sp³-hybridized carbons (Fsp3) is 0.308. The van der Waals surface area contributed by atoms with Crippen molar-refractivity contribution in [2.45, 2.75) is 13.3 Å². The van der Waals surface area contributed by atoms with Crippen molar-refractivity contribution in [1.29, 1.82) is 0 Å². The minimum absolute atomic E-state index is 0.296. The molecule has 0 bridgehead atoms. The van der Waals surface area contributed by atoms with Gasteiger partial charge in [-0.05, 0) is 12.5 Å². The van der Waals surface area contributed by atoms with E-state index in [0.29, 0.717) is 18.7 Å². The molecule has 0 saturated heterocycles. The summed E-state index contributed by atoms with van der Waals surface area (Å²) in [6.07, 6.45) is 0.392. The number of aromatic amines is 1. The van der Waals surface area contributed by atoms with Crippen molar-refractivity contribution in [3.05, 3.63) is 30.0 Å². The van der Waals surface area contributed by atoms with Crippen LogP contribution in [0.5, 0.6) is 0 Å². The van der Waals surface area contributed by atoms with Crippen molar-refractivity contribution < 1.29 is 14.7 Å². The smallest absolute Gasteiger partial charge is 0.306 e. The van der Waals surface area contributed by atoms with Crippen LogP contribution in [0.25, 0.3) is 10.9 Å². The zero-order valence-electron chi connectivity index (χ0n) is 10.5. The number of amides is 1. The topological polar surface area (TPSA) is 95.1 Å². The van der Waals surface area contributed by atoms with E-state index in [1.165, 1.54) is 0 Å². The Hall–Kier alpha value is -2.37. The van der Waals surface area contributed by atoms with Crippen LogP contribution >= 0.6 is 0 Å². The maximum absolute atomic E-state index is 11.9. The monoisotopic (exact) mass is 261 g/mol. The lowest BCUT2D eigenvalue weighted by molar-refractivity contribution is -0.141. The Labute approximate surface area is 109 Å². The maximum Gasteiger partial charge on any atom is 0.306 e. The third-order valence-corrected chi connectivity index (χ3v) is 2.97. The Balaban J connectivity index is 1.99. The van der Waals surface area contributed by atoms with Gasteiger partial charge in [-0.25, -0.2) is 0 Å². The SMILES string of the molecule is CC(CCNC(=O)c1n[nH]c2ccccc12)C(=O)O. The van der Waals surface area contributed by atoms with Gasteiger partial charge in [-0.1, -0.05) is 25.1 Å². The molecule has 6 heteroatoms. The lowest BCUT2D eigenvalue weighted by Crippen LogP contribution is -2.27. The molecule has 0 aliphatic heterocycles. The number of carboxylic acids is 1. The molecule has 1 unspecified atom stereocenters. The second kappa shape index (κ2) is 5.51. The number of fused-ring (bicyclic) bond motifs is 1. The zero-order chi connectivity index (χ0) is 13.8. The number of H-pyrrole nitrogens is 1. The first-order valence-corrected chi connectivity index (χ1v) is 6.03. The van der Waals surface area contributed by atoms with Crippen molar-refractivity contribution in [3.8, 4) is 0 Å². The van der Waals surface area contributed by atoms with Gasteiger partial charge in [0.15, 0.2) is 5.69 Å². The molecule has 0 saturated carbocycles. The molecular weight excluding hydrogens is 246 g/mol. The lowest BCUT2D eigenvalue weighted by Gasteiger charge is -2.06. The highest BCUT2D eigenvalue weighted by Crippen LogP contribution is 2.14. The summed E-state index contributed by atoms with van der Waals surface area (Å²) in [7, 11) is 0. The van der Waals surface area contributed by atoms with Gasteiger partial charge >= 0.3 is 5.97 Å². The van der Waals surface area contributed by atoms with Crippen molar-refractivity contribution in [2.75, 3.05) is 6.54 Å². The molecule has 2 rings (SSSR count). The van der Waals surface area contributed by atoms with Crippen LogP contribution in [0.2, 0.25) is 0 Å². The molecule has 1 heterocycles. The van der Waals surface area contributed by atoms with Crippen LogP contribution in [-0.4, -0.2) is 33.7 Å². The Kier molecular flexibility index (Phi) is 3.79. The van der Waals surface area contributed by atoms with Crippen LogP contribution in [0.15, 0.2) is 24.3 Å². The van der Waals surface area contributed by atoms with E-state index in [4.69, 9.17) is 5.11 Å². The molecule has 3 N–H and O–H groups in total. The molecule has 0 spiro atoms. The summed E-state index contributed by atoms with van der Waals surface area (Å²) in [4.78, 5) is 22.6. The quantitative estimate of drug-likeness (QED) is 0.758. The van der Waals surface area contributed by atoms with Crippen molar-refractivity contribution >= 4 is 22.8 Å². The summed E-state index contributed by atoms with van der Waals surface area (Å²) >= 11 is 0. The largest absolute Gasteiger partial charge is 0.481 e. The number of carbonyl (C=O) groups is 2.